The van der Waals surface area contributed by atoms with Crippen LogP contribution in [-0.4, -0.2) is 52.9 Å². The van der Waals surface area contributed by atoms with Crippen molar-refractivity contribution in [3.8, 4) is 5.75 Å². The van der Waals surface area contributed by atoms with Gasteiger partial charge in [0.15, 0.2) is 5.76 Å². The molecule has 4 rings (SSSR count). The molecule has 1 saturated heterocycles. The highest BCUT2D eigenvalue weighted by Crippen LogP contribution is 2.17. The Balaban J connectivity index is 1.30. The van der Waals surface area contributed by atoms with Crippen molar-refractivity contribution < 1.29 is 19.1 Å². The largest absolute Gasteiger partial charge is 0.508 e. The Labute approximate surface area is 174 Å². The maximum absolute atomic E-state index is 12.8. The quantitative estimate of drug-likeness (QED) is 0.681. The molecule has 0 bridgehead atoms. The molecule has 0 radical (unpaired) electrons. The third-order valence-electron chi connectivity index (χ3n) is 5.11. The SMILES string of the molecule is O=C(Nc1ccc(C(=O)N2CCN(Cc3cccc(O)c3)CC2)cc1)c1ccco1. The number of carbonyl (C=O) groups is 2. The molecule has 1 aromatic heterocycles. The van der Waals surface area contributed by atoms with E-state index in [0.29, 0.717) is 24.3 Å². The summed E-state index contributed by atoms with van der Waals surface area (Å²) in [4.78, 5) is 28.9. The summed E-state index contributed by atoms with van der Waals surface area (Å²) in [5.41, 5.74) is 2.25. The maximum Gasteiger partial charge on any atom is 0.291 e. The molecule has 0 aliphatic carbocycles. The zero-order valence-corrected chi connectivity index (χ0v) is 16.5. The summed E-state index contributed by atoms with van der Waals surface area (Å²) in [5.74, 6) is 0.154. The summed E-state index contributed by atoms with van der Waals surface area (Å²) in [6, 6.07) is 17.4. The average molecular weight is 405 g/mol. The number of phenolic OH excluding ortho intramolecular Hbond substituents is 1. The fourth-order valence-electron chi connectivity index (χ4n) is 3.50. The van der Waals surface area contributed by atoms with E-state index in [4.69, 9.17) is 4.42 Å². The number of carbonyl (C=O) groups excluding carboxylic acids is 2. The van der Waals surface area contributed by atoms with Crippen molar-refractivity contribution >= 4 is 17.5 Å². The van der Waals surface area contributed by atoms with Gasteiger partial charge in [-0.25, -0.2) is 0 Å². The third kappa shape index (κ3) is 4.69. The molecule has 7 heteroatoms. The van der Waals surface area contributed by atoms with Crippen LogP contribution in [0.25, 0.3) is 0 Å². The van der Waals surface area contributed by atoms with Crippen molar-refractivity contribution in [3.05, 3.63) is 83.8 Å². The first-order valence-electron chi connectivity index (χ1n) is 9.83. The molecule has 1 aliphatic rings. The van der Waals surface area contributed by atoms with Crippen molar-refractivity contribution in [3.63, 3.8) is 0 Å². The normalized spacial score (nSPS) is 14.5. The van der Waals surface area contributed by atoms with E-state index in [9.17, 15) is 14.7 Å². The van der Waals surface area contributed by atoms with Crippen LogP contribution in [0, 0.1) is 0 Å². The van der Waals surface area contributed by atoms with Gasteiger partial charge in [0.1, 0.15) is 5.75 Å². The van der Waals surface area contributed by atoms with Crippen LogP contribution < -0.4 is 5.32 Å². The minimum atomic E-state index is -0.332. The highest BCUT2D eigenvalue weighted by atomic mass is 16.3. The lowest BCUT2D eigenvalue weighted by Crippen LogP contribution is -2.48. The number of hydrogen-bond acceptors (Lipinski definition) is 5. The van der Waals surface area contributed by atoms with Gasteiger partial charge in [0.05, 0.1) is 6.26 Å². The van der Waals surface area contributed by atoms with Gasteiger partial charge in [-0.3, -0.25) is 14.5 Å². The Hall–Kier alpha value is -3.58. The van der Waals surface area contributed by atoms with Crippen molar-refractivity contribution in [2.45, 2.75) is 6.54 Å². The number of phenols is 1. The number of nitrogens with one attached hydrogen (secondary N) is 1. The fourth-order valence-corrected chi connectivity index (χ4v) is 3.50. The van der Waals surface area contributed by atoms with Crippen LogP contribution in [0.4, 0.5) is 5.69 Å². The second-order valence-corrected chi connectivity index (χ2v) is 7.25. The van der Waals surface area contributed by atoms with Crippen LogP contribution in [0.5, 0.6) is 5.75 Å². The van der Waals surface area contributed by atoms with Gasteiger partial charge in [-0.05, 0) is 54.1 Å². The second-order valence-electron chi connectivity index (χ2n) is 7.25. The van der Waals surface area contributed by atoms with E-state index in [1.165, 1.54) is 6.26 Å². The molecule has 2 heterocycles. The maximum atomic E-state index is 12.8. The predicted octanol–water partition coefficient (Wildman–Crippen LogP) is 3.20. The molecular formula is C23H23N3O4. The molecule has 0 saturated carbocycles. The minimum absolute atomic E-state index is 0.0177. The van der Waals surface area contributed by atoms with Crippen LogP contribution in [0.1, 0.15) is 26.5 Å². The molecule has 30 heavy (non-hydrogen) atoms. The number of anilines is 1. The summed E-state index contributed by atoms with van der Waals surface area (Å²) in [5, 5.41) is 12.3. The molecule has 1 fully saturated rings. The van der Waals surface area contributed by atoms with Gasteiger partial charge in [0, 0.05) is 44.0 Å². The molecule has 154 valence electrons. The lowest BCUT2D eigenvalue weighted by molar-refractivity contribution is 0.0628. The number of piperazine rings is 1. The van der Waals surface area contributed by atoms with Crippen molar-refractivity contribution in [1.29, 1.82) is 0 Å². The van der Waals surface area contributed by atoms with Crippen LogP contribution in [-0.2, 0) is 6.54 Å². The van der Waals surface area contributed by atoms with Gasteiger partial charge >= 0.3 is 0 Å². The fraction of sp³-hybridized carbons (Fsp3) is 0.217. The Morgan fingerprint density at radius 1 is 0.967 bits per heavy atom. The Kier molecular flexibility index (Phi) is 5.81. The second kappa shape index (κ2) is 8.84. The predicted molar refractivity (Wildman–Crippen MR) is 112 cm³/mol. The van der Waals surface area contributed by atoms with Crippen molar-refractivity contribution in [2.75, 3.05) is 31.5 Å². The van der Waals surface area contributed by atoms with Gasteiger partial charge in [0.25, 0.3) is 11.8 Å². The van der Waals surface area contributed by atoms with Gasteiger partial charge in [-0.1, -0.05) is 12.1 Å². The van der Waals surface area contributed by atoms with Crippen molar-refractivity contribution in [1.82, 2.24) is 9.80 Å². The van der Waals surface area contributed by atoms with Crippen LogP contribution in [0.3, 0.4) is 0 Å². The molecule has 1 aliphatic heterocycles. The van der Waals surface area contributed by atoms with Gasteiger partial charge in [0.2, 0.25) is 0 Å². The number of amides is 2. The van der Waals surface area contributed by atoms with Gasteiger partial charge < -0.3 is 19.7 Å². The molecular weight excluding hydrogens is 382 g/mol. The van der Waals surface area contributed by atoms with E-state index in [0.717, 1.165) is 25.2 Å². The van der Waals surface area contributed by atoms with Gasteiger partial charge in [-0.2, -0.15) is 0 Å². The number of nitrogens with zero attached hydrogens (tertiary/aromatic N) is 2. The molecule has 0 atom stereocenters. The number of aromatic hydroxyl groups is 1. The number of hydrogen-bond donors (Lipinski definition) is 2. The summed E-state index contributed by atoms with van der Waals surface area (Å²) < 4.78 is 5.07. The van der Waals surface area contributed by atoms with Crippen molar-refractivity contribution in [2.24, 2.45) is 0 Å². The highest BCUT2D eigenvalue weighted by Gasteiger charge is 2.22. The van der Waals surface area contributed by atoms with E-state index >= 15 is 0 Å². The average Bonchev–Trinajstić information content (AvgIpc) is 3.30. The van der Waals surface area contributed by atoms with E-state index in [1.54, 1.807) is 48.5 Å². The van der Waals surface area contributed by atoms with Gasteiger partial charge in [-0.15, -0.1) is 0 Å². The topological polar surface area (TPSA) is 86.0 Å². The number of furan rings is 1. The molecule has 7 nitrogen and oxygen atoms in total. The smallest absolute Gasteiger partial charge is 0.291 e. The van der Waals surface area contributed by atoms with E-state index in [1.807, 2.05) is 17.0 Å². The summed E-state index contributed by atoms with van der Waals surface area (Å²) in [6.07, 6.45) is 1.44. The first-order valence-corrected chi connectivity index (χ1v) is 9.83. The molecule has 3 aromatic rings. The third-order valence-corrected chi connectivity index (χ3v) is 5.11. The first-order chi connectivity index (χ1) is 14.6. The molecule has 0 unspecified atom stereocenters. The molecule has 0 spiro atoms. The molecule has 2 amide bonds. The highest BCUT2D eigenvalue weighted by molar-refractivity contribution is 6.02. The Bertz CT molecular complexity index is 1010. The van der Waals surface area contributed by atoms with E-state index in [2.05, 4.69) is 10.2 Å². The lowest BCUT2D eigenvalue weighted by atomic mass is 10.1. The number of rotatable bonds is 5. The van der Waals surface area contributed by atoms with E-state index < -0.39 is 0 Å². The van der Waals surface area contributed by atoms with Crippen LogP contribution >= 0.6 is 0 Å². The minimum Gasteiger partial charge on any atom is -0.508 e. The van der Waals surface area contributed by atoms with E-state index in [-0.39, 0.29) is 23.3 Å². The summed E-state index contributed by atoms with van der Waals surface area (Å²) >= 11 is 0. The summed E-state index contributed by atoms with van der Waals surface area (Å²) in [6.45, 7) is 3.60. The monoisotopic (exact) mass is 405 g/mol. The first kappa shape index (κ1) is 19.7. The Morgan fingerprint density at radius 3 is 2.40 bits per heavy atom. The molecule has 2 N–H and O–H groups in total. The van der Waals surface area contributed by atoms with Crippen LogP contribution in [0.2, 0.25) is 0 Å². The summed E-state index contributed by atoms with van der Waals surface area (Å²) in [7, 11) is 0. The molecule has 2 aromatic carbocycles. The lowest BCUT2D eigenvalue weighted by Gasteiger charge is -2.34. The number of benzene rings is 2. The van der Waals surface area contributed by atoms with Crippen LogP contribution in [0.15, 0.2) is 71.3 Å². The zero-order chi connectivity index (χ0) is 20.9. The Morgan fingerprint density at radius 2 is 1.73 bits per heavy atom. The zero-order valence-electron chi connectivity index (χ0n) is 16.5. The standard InChI is InChI=1S/C23H23N3O4/c27-20-4-1-3-17(15-20)16-25-10-12-26(13-11-25)23(29)18-6-8-19(9-7-18)24-22(28)21-5-2-14-30-21/h1-9,14-15,27H,10-13,16H2,(H,24,28).